The van der Waals surface area contributed by atoms with Gasteiger partial charge in [0.15, 0.2) is 5.60 Å². The van der Waals surface area contributed by atoms with Crippen LogP contribution < -0.4 is 19.4 Å². The molecule has 0 saturated heterocycles. The van der Waals surface area contributed by atoms with E-state index in [-0.39, 0.29) is 5.97 Å². The van der Waals surface area contributed by atoms with Gasteiger partial charge in [0.25, 0.3) is 0 Å². The van der Waals surface area contributed by atoms with Gasteiger partial charge in [0.2, 0.25) is 0 Å². The number of ether oxygens (including phenoxy) is 2. The van der Waals surface area contributed by atoms with Gasteiger partial charge in [0.05, 0.1) is 12.7 Å². The molecule has 0 aromatic heterocycles. The van der Waals surface area contributed by atoms with E-state index in [1.807, 2.05) is 81.6 Å². The summed E-state index contributed by atoms with van der Waals surface area (Å²) < 4.78 is 12.1. The molecule has 6 nitrogen and oxygen atoms in total. The standard InChI is InChI=1S/C39H43N3O3/c1-9-35(37(27-12-18-30(19-13-27)40(4)5)28-14-20-31(21-15-28)42(10-2)11-3)39(29-16-23-33(44-8)24-17-29)36-25-22-32(41(6)7)26-34(36)38(43)45-39/h9,12-26H,1,10-11H2,2-8H3. The molecule has 0 amide bonds. The third kappa shape index (κ3) is 5.68. The number of methoxy groups -OCH3 is 1. The molecule has 0 spiro atoms. The number of esters is 1. The highest BCUT2D eigenvalue weighted by atomic mass is 16.6. The van der Waals surface area contributed by atoms with Gasteiger partial charge < -0.3 is 24.2 Å². The van der Waals surface area contributed by atoms with Crippen LogP contribution in [0.25, 0.3) is 5.57 Å². The first-order chi connectivity index (χ1) is 21.7. The van der Waals surface area contributed by atoms with Crippen LogP contribution in [-0.2, 0) is 10.3 Å². The molecule has 0 aliphatic carbocycles. The second-order valence-corrected chi connectivity index (χ2v) is 11.6. The van der Waals surface area contributed by atoms with E-state index >= 15 is 0 Å². The molecule has 1 heterocycles. The monoisotopic (exact) mass is 601 g/mol. The Kier molecular flexibility index (Phi) is 9.05. The quantitative estimate of drug-likeness (QED) is 0.129. The minimum absolute atomic E-state index is 0.372. The summed E-state index contributed by atoms with van der Waals surface area (Å²) in [6, 6.07) is 30.8. The van der Waals surface area contributed by atoms with Crippen molar-refractivity contribution in [3.05, 3.63) is 137 Å². The fraction of sp³-hybridized carbons (Fsp3) is 0.256. The van der Waals surface area contributed by atoms with Gasteiger partial charge in [-0.3, -0.25) is 0 Å². The van der Waals surface area contributed by atoms with Crippen LogP contribution >= 0.6 is 0 Å². The van der Waals surface area contributed by atoms with Crippen molar-refractivity contribution in [3.8, 4) is 5.75 Å². The zero-order valence-corrected chi connectivity index (χ0v) is 27.4. The highest BCUT2D eigenvalue weighted by molar-refractivity contribution is 5.99. The average molecular weight is 602 g/mol. The van der Waals surface area contributed by atoms with Gasteiger partial charge >= 0.3 is 5.97 Å². The predicted molar refractivity (Wildman–Crippen MR) is 187 cm³/mol. The molecule has 232 valence electrons. The molecule has 0 radical (unpaired) electrons. The maximum Gasteiger partial charge on any atom is 0.340 e. The lowest BCUT2D eigenvalue weighted by atomic mass is 9.75. The Morgan fingerprint density at radius 3 is 1.80 bits per heavy atom. The number of nitrogens with zero attached hydrogens (tertiary/aromatic N) is 3. The molecule has 4 aromatic rings. The van der Waals surface area contributed by atoms with E-state index in [0.717, 1.165) is 69.3 Å². The van der Waals surface area contributed by atoms with Gasteiger partial charge in [-0.2, -0.15) is 0 Å². The summed E-state index contributed by atoms with van der Waals surface area (Å²) in [5.41, 5.74) is 7.76. The van der Waals surface area contributed by atoms with Gasteiger partial charge in [-0.05, 0) is 79.1 Å². The third-order valence-electron chi connectivity index (χ3n) is 8.67. The van der Waals surface area contributed by atoms with E-state index in [1.165, 1.54) is 0 Å². The molecule has 0 N–H and O–H groups in total. The molecule has 1 atom stereocenters. The van der Waals surface area contributed by atoms with Crippen molar-refractivity contribution in [2.75, 3.05) is 63.1 Å². The molecule has 5 rings (SSSR count). The van der Waals surface area contributed by atoms with Crippen LogP contribution in [0.3, 0.4) is 0 Å². The maximum absolute atomic E-state index is 13.8. The van der Waals surface area contributed by atoms with E-state index in [0.29, 0.717) is 5.56 Å². The molecule has 1 aliphatic rings. The van der Waals surface area contributed by atoms with Gasteiger partial charge in [0.1, 0.15) is 5.75 Å². The number of fused-ring (bicyclic) bond motifs is 1. The highest BCUT2D eigenvalue weighted by Gasteiger charge is 2.50. The van der Waals surface area contributed by atoms with E-state index in [4.69, 9.17) is 9.47 Å². The SMILES string of the molecule is C=CC(=C(c1ccc(N(C)C)cc1)c1ccc(N(CC)CC)cc1)C1(c2ccc(OC)cc2)OC(=O)c2cc(N(C)C)ccc21. The van der Waals surface area contributed by atoms with E-state index in [1.54, 1.807) is 7.11 Å². The number of benzene rings is 4. The Hall–Kier alpha value is -4.97. The van der Waals surface area contributed by atoms with Crippen LogP contribution in [0, 0.1) is 0 Å². The largest absolute Gasteiger partial charge is 0.497 e. The van der Waals surface area contributed by atoms with Crippen molar-refractivity contribution in [3.63, 3.8) is 0 Å². The lowest BCUT2D eigenvalue weighted by Gasteiger charge is -2.34. The summed E-state index contributed by atoms with van der Waals surface area (Å²) in [4.78, 5) is 20.2. The fourth-order valence-electron chi connectivity index (χ4n) is 6.18. The second kappa shape index (κ2) is 12.9. The molecular formula is C39H43N3O3. The zero-order chi connectivity index (χ0) is 32.3. The molecule has 0 fully saturated rings. The van der Waals surface area contributed by atoms with Gasteiger partial charge in [-0.1, -0.05) is 55.1 Å². The van der Waals surface area contributed by atoms with Crippen molar-refractivity contribution in [2.45, 2.75) is 19.4 Å². The van der Waals surface area contributed by atoms with Crippen molar-refractivity contribution in [1.29, 1.82) is 0 Å². The van der Waals surface area contributed by atoms with Crippen molar-refractivity contribution in [2.24, 2.45) is 0 Å². The topological polar surface area (TPSA) is 45.3 Å². The summed E-state index contributed by atoms with van der Waals surface area (Å²) in [5.74, 6) is 0.347. The van der Waals surface area contributed by atoms with Gasteiger partial charge in [-0.15, -0.1) is 0 Å². The Balaban J connectivity index is 1.86. The van der Waals surface area contributed by atoms with Crippen LogP contribution in [-0.4, -0.2) is 54.4 Å². The van der Waals surface area contributed by atoms with Crippen molar-refractivity contribution >= 4 is 28.6 Å². The number of hydrogen-bond acceptors (Lipinski definition) is 6. The van der Waals surface area contributed by atoms with Crippen LogP contribution in [0.1, 0.15) is 46.5 Å². The first-order valence-corrected chi connectivity index (χ1v) is 15.4. The fourth-order valence-corrected chi connectivity index (χ4v) is 6.18. The minimum Gasteiger partial charge on any atom is -0.497 e. The van der Waals surface area contributed by atoms with Crippen LogP contribution in [0.5, 0.6) is 5.75 Å². The average Bonchev–Trinajstić information content (AvgIpc) is 3.36. The molecule has 1 aliphatic heterocycles. The lowest BCUT2D eigenvalue weighted by molar-refractivity contribution is 0.0251. The smallest absolute Gasteiger partial charge is 0.340 e. The van der Waals surface area contributed by atoms with E-state index in [2.05, 4.69) is 78.8 Å². The number of carbonyl (C=O) groups excluding carboxylic acids is 1. The molecule has 6 heteroatoms. The minimum atomic E-state index is -1.25. The van der Waals surface area contributed by atoms with E-state index < -0.39 is 5.60 Å². The summed E-state index contributed by atoms with van der Waals surface area (Å²) >= 11 is 0. The maximum atomic E-state index is 13.8. The molecule has 0 bridgehead atoms. The molecule has 1 unspecified atom stereocenters. The van der Waals surface area contributed by atoms with Crippen LogP contribution in [0.4, 0.5) is 17.1 Å². The molecular weight excluding hydrogens is 558 g/mol. The zero-order valence-electron chi connectivity index (χ0n) is 27.4. The third-order valence-corrected chi connectivity index (χ3v) is 8.67. The number of hydrogen-bond donors (Lipinski definition) is 0. The molecule has 4 aromatic carbocycles. The molecule has 45 heavy (non-hydrogen) atoms. The summed E-state index contributed by atoms with van der Waals surface area (Å²) in [7, 11) is 9.63. The van der Waals surface area contributed by atoms with Crippen molar-refractivity contribution < 1.29 is 14.3 Å². The van der Waals surface area contributed by atoms with Gasteiger partial charge in [0, 0.05) is 75.0 Å². The predicted octanol–water partition coefficient (Wildman–Crippen LogP) is 7.78. The Morgan fingerprint density at radius 2 is 1.31 bits per heavy atom. The van der Waals surface area contributed by atoms with E-state index in [9.17, 15) is 4.79 Å². The van der Waals surface area contributed by atoms with Crippen LogP contribution in [0.2, 0.25) is 0 Å². The summed E-state index contributed by atoms with van der Waals surface area (Å²) in [6.07, 6.45) is 1.85. The molecule has 0 saturated carbocycles. The lowest BCUT2D eigenvalue weighted by Crippen LogP contribution is -2.31. The Labute approximate surface area is 267 Å². The normalized spacial score (nSPS) is 15.9. The first kappa shape index (κ1) is 31.5. The van der Waals surface area contributed by atoms with Crippen LogP contribution in [0.15, 0.2) is 109 Å². The second-order valence-electron chi connectivity index (χ2n) is 11.6. The number of anilines is 3. The number of cyclic esters (lactones) is 1. The highest BCUT2D eigenvalue weighted by Crippen LogP contribution is 2.51. The first-order valence-electron chi connectivity index (χ1n) is 15.4. The summed E-state index contributed by atoms with van der Waals surface area (Å²) in [6.45, 7) is 10.5. The Morgan fingerprint density at radius 1 is 0.778 bits per heavy atom. The van der Waals surface area contributed by atoms with Gasteiger partial charge in [-0.25, -0.2) is 4.79 Å². The Bertz CT molecular complexity index is 1700. The summed E-state index contributed by atoms with van der Waals surface area (Å²) in [5, 5.41) is 0. The van der Waals surface area contributed by atoms with Crippen molar-refractivity contribution in [1.82, 2.24) is 0 Å². The number of carbonyl (C=O) groups is 1. The number of rotatable bonds is 11.